The van der Waals surface area contributed by atoms with E-state index in [0.717, 1.165) is 0 Å². The number of hydrogen-bond donors (Lipinski definition) is 2. The molecule has 3 N–H and O–H groups in total. The maximum absolute atomic E-state index is 12.2. The number of carbonyl (C=O) groups is 1. The third kappa shape index (κ3) is 4.96. The number of nitrogens with one attached hydrogen (secondary N) is 1. The molecule has 0 radical (unpaired) electrons. The highest BCUT2D eigenvalue weighted by atomic mass is 35.5. The molecule has 0 spiro atoms. The molecule has 1 aromatic rings. The van der Waals surface area contributed by atoms with Crippen LogP contribution < -0.4 is 11.1 Å². The van der Waals surface area contributed by atoms with Crippen LogP contribution in [-0.2, 0) is 5.41 Å². The molecule has 1 amide bonds. The molecule has 0 aliphatic heterocycles. The van der Waals surface area contributed by atoms with Crippen LogP contribution in [0.25, 0.3) is 0 Å². The van der Waals surface area contributed by atoms with Crippen LogP contribution in [0.4, 0.5) is 5.69 Å². The molecule has 0 saturated heterocycles. The Bertz CT molecular complexity index is 566. The van der Waals surface area contributed by atoms with Crippen molar-refractivity contribution in [3.8, 4) is 0 Å². The van der Waals surface area contributed by atoms with E-state index in [1.54, 1.807) is 26.0 Å². The maximum atomic E-state index is 12.2. The minimum Gasteiger partial charge on any atom is -0.346 e. The summed E-state index contributed by atoms with van der Waals surface area (Å²) in [4.78, 5) is 23.0. The fraction of sp³-hybridized carbons (Fsp3) is 0.533. The zero-order chi connectivity index (χ0) is 16.4. The molecule has 0 atom stereocenters. The normalized spacial score (nSPS) is 11.5. The van der Waals surface area contributed by atoms with Crippen molar-refractivity contribution in [2.75, 3.05) is 6.54 Å². The molecule has 1 aromatic carbocycles. The van der Waals surface area contributed by atoms with Gasteiger partial charge in [0, 0.05) is 29.3 Å². The number of nitro benzene ring substituents is 1. The third-order valence-electron chi connectivity index (χ3n) is 3.23. The fourth-order valence-corrected chi connectivity index (χ4v) is 1.89. The summed E-state index contributed by atoms with van der Waals surface area (Å²) in [6.45, 7) is 9.55. The second kappa shape index (κ2) is 7.07. The number of hydrogen-bond acceptors (Lipinski definition) is 4. The van der Waals surface area contributed by atoms with Crippen molar-refractivity contribution in [2.24, 2.45) is 5.73 Å². The van der Waals surface area contributed by atoms with Crippen molar-refractivity contribution in [3.63, 3.8) is 0 Å². The zero-order valence-corrected chi connectivity index (χ0v) is 14.4. The van der Waals surface area contributed by atoms with Gasteiger partial charge in [0.25, 0.3) is 11.6 Å². The molecule has 0 heterocycles. The number of carbonyl (C=O) groups excluding carboxylic acids is 1. The first-order chi connectivity index (χ1) is 9.48. The number of nitrogens with two attached hydrogens (primary N) is 1. The van der Waals surface area contributed by atoms with E-state index >= 15 is 0 Å². The summed E-state index contributed by atoms with van der Waals surface area (Å²) in [6, 6.07) is 4.57. The number of amides is 1. The molecule has 0 unspecified atom stereocenters. The van der Waals surface area contributed by atoms with Crippen LogP contribution in [0.3, 0.4) is 0 Å². The van der Waals surface area contributed by atoms with E-state index in [0.29, 0.717) is 5.56 Å². The lowest BCUT2D eigenvalue weighted by molar-refractivity contribution is -0.386. The van der Waals surface area contributed by atoms with Gasteiger partial charge in [-0.15, -0.1) is 12.4 Å². The lowest BCUT2D eigenvalue weighted by Crippen LogP contribution is -2.48. The summed E-state index contributed by atoms with van der Waals surface area (Å²) in [5.41, 5.74) is 5.46. The predicted molar refractivity (Wildman–Crippen MR) is 89.6 cm³/mol. The second-order valence-corrected chi connectivity index (χ2v) is 6.78. The molecular formula is C15H24ClN3O3. The van der Waals surface area contributed by atoms with E-state index < -0.39 is 10.5 Å². The summed E-state index contributed by atoms with van der Waals surface area (Å²) in [5.74, 6) is -0.367. The van der Waals surface area contributed by atoms with Gasteiger partial charge < -0.3 is 11.1 Å². The first kappa shape index (κ1) is 20.3. The topological polar surface area (TPSA) is 98.3 Å². The van der Waals surface area contributed by atoms with Gasteiger partial charge in [-0.25, -0.2) is 0 Å². The van der Waals surface area contributed by atoms with Gasteiger partial charge in [-0.05, 0) is 25.3 Å². The van der Waals surface area contributed by atoms with Crippen LogP contribution in [0.5, 0.6) is 0 Å². The lowest BCUT2D eigenvalue weighted by atomic mass is 9.85. The van der Waals surface area contributed by atoms with Gasteiger partial charge in [0.15, 0.2) is 0 Å². The van der Waals surface area contributed by atoms with Crippen molar-refractivity contribution in [3.05, 3.63) is 39.4 Å². The molecule has 0 fully saturated rings. The maximum Gasteiger partial charge on any atom is 0.273 e. The highest BCUT2D eigenvalue weighted by molar-refractivity contribution is 5.95. The van der Waals surface area contributed by atoms with Gasteiger partial charge in [0.05, 0.1) is 4.92 Å². The molecule has 0 bridgehead atoms. The SMILES string of the molecule is CC(C)(CN)NC(=O)c1ccc(C(C)(C)C)c([N+](=O)[O-])c1.Cl. The number of halogens is 1. The Kier molecular flexibility index (Phi) is 6.53. The van der Waals surface area contributed by atoms with Gasteiger partial charge in [-0.3, -0.25) is 14.9 Å². The number of nitro groups is 1. The first-order valence-electron chi connectivity index (χ1n) is 6.79. The van der Waals surface area contributed by atoms with Crippen LogP contribution in [0.2, 0.25) is 0 Å². The van der Waals surface area contributed by atoms with Crippen LogP contribution in [-0.4, -0.2) is 22.9 Å². The minimum atomic E-state index is -0.561. The van der Waals surface area contributed by atoms with E-state index in [9.17, 15) is 14.9 Å². The van der Waals surface area contributed by atoms with Gasteiger partial charge in [0.1, 0.15) is 0 Å². The van der Waals surface area contributed by atoms with E-state index in [4.69, 9.17) is 5.73 Å². The second-order valence-electron chi connectivity index (χ2n) is 6.78. The summed E-state index contributed by atoms with van der Waals surface area (Å²) in [5, 5.41) is 14.0. The molecule has 0 saturated carbocycles. The Balaban J connectivity index is 0.00000441. The lowest BCUT2D eigenvalue weighted by Gasteiger charge is -2.24. The average Bonchev–Trinajstić information content (AvgIpc) is 2.36. The van der Waals surface area contributed by atoms with Gasteiger partial charge in [-0.2, -0.15) is 0 Å². The highest BCUT2D eigenvalue weighted by Crippen LogP contribution is 2.31. The Morgan fingerprint density at radius 3 is 2.23 bits per heavy atom. The zero-order valence-electron chi connectivity index (χ0n) is 13.6. The Hall–Kier alpha value is -1.66. The summed E-state index contributed by atoms with van der Waals surface area (Å²) < 4.78 is 0. The molecule has 22 heavy (non-hydrogen) atoms. The molecule has 0 aliphatic carbocycles. The van der Waals surface area contributed by atoms with Crippen molar-refractivity contribution < 1.29 is 9.72 Å². The van der Waals surface area contributed by atoms with Gasteiger partial charge >= 0.3 is 0 Å². The van der Waals surface area contributed by atoms with E-state index in [-0.39, 0.29) is 41.5 Å². The van der Waals surface area contributed by atoms with E-state index in [1.807, 2.05) is 20.8 Å². The largest absolute Gasteiger partial charge is 0.346 e. The van der Waals surface area contributed by atoms with Crippen LogP contribution in [0, 0.1) is 10.1 Å². The molecule has 1 rings (SSSR count). The molecule has 6 nitrogen and oxygen atoms in total. The van der Waals surface area contributed by atoms with Crippen molar-refractivity contribution in [1.82, 2.24) is 5.32 Å². The highest BCUT2D eigenvalue weighted by Gasteiger charge is 2.27. The first-order valence-corrected chi connectivity index (χ1v) is 6.79. The molecular weight excluding hydrogens is 306 g/mol. The number of rotatable bonds is 4. The third-order valence-corrected chi connectivity index (χ3v) is 3.23. The van der Waals surface area contributed by atoms with Crippen molar-refractivity contribution in [2.45, 2.75) is 45.6 Å². The number of nitrogens with zero attached hydrogens (tertiary/aromatic N) is 1. The van der Waals surface area contributed by atoms with E-state index in [1.165, 1.54) is 6.07 Å². The Labute approximate surface area is 137 Å². The minimum absolute atomic E-state index is 0. The molecule has 7 heteroatoms. The smallest absolute Gasteiger partial charge is 0.273 e. The quantitative estimate of drug-likeness (QED) is 0.655. The van der Waals surface area contributed by atoms with Crippen molar-refractivity contribution >= 4 is 24.0 Å². The van der Waals surface area contributed by atoms with Gasteiger partial charge in [-0.1, -0.05) is 26.8 Å². The Morgan fingerprint density at radius 1 is 1.27 bits per heavy atom. The monoisotopic (exact) mass is 329 g/mol. The fourth-order valence-electron chi connectivity index (χ4n) is 1.89. The van der Waals surface area contributed by atoms with Crippen molar-refractivity contribution in [1.29, 1.82) is 0 Å². The molecule has 0 aliphatic rings. The predicted octanol–water partition coefficient (Wildman–Crippen LogP) is 2.78. The van der Waals surface area contributed by atoms with Gasteiger partial charge in [0.2, 0.25) is 0 Å². The van der Waals surface area contributed by atoms with Crippen LogP contribution in [0.1, 0.15) is 50.5 Å². The molecule has 124 valence electrons. The summed E-state index contributed by atoms with van der Waals surface area (Å²) in [6.07, 6.45) is 0. The van der Waals surface area contributed by atoms with Crippen LogP contribution in [0.15, 0.2) is 18.2 Å². The van der Waals surface area contributed by atoms with Crippen LogP contribution >= 0.6 is 12.4 Å². The summed E-state index contributed by atoms with van der Waals surface area (Å²) >= 11 is 0. The number of benzene rings is 1. The summed E-state index contributed by atoms with van der Waals surface area (Å²) in [7, 11) is 0. The Morgan fingerprint density at radius 2 is 1.82 bits per heavy atom. The van der Waals surface area contributed by atoms with E-state index in [2.05, 4.69) is 5.32 Å². The molecule has 0 aromatic heterocycles. The average molecular weight is 330 g/mol. The standard InChI is InChI=1S/C15H23N3O3.ClH/c1-14(2,3)11-7-6-10(8-12(11)18(20)21)13(19)17-15(4,5)9-16;/h6-8H,9,16H2,1-5H3,(H,17,19);1H.